The Morgan fingerprint density at radius 2 is 1.77 bits per heavy atom. The Morgan fingerprint density at radius 3 is 2.46 bits per heavy atom. The zero-order chi connectivity index (χ0) is 24.6. The molecule has 5 rings (SSSR count). The largest absolute Gasteiger partial charge is 0.494 e. The van der Waals surface area contributed by atoms with E-state index < -0.39 is 10.0 Å². The molecular formula is C29H32N2O3S. The molecule has 0 radical (unpaired) electrons. The third-order valence-corrected chi connectivity index (χ3v) is 8.40. The first-order chi connectivity index (χ1) is 16.9. The number of rotatable bonds is 7. The maximum atomic E-state index is 13.2. The monoisotopic (exact) mass is 488 g/mol. The van der Waals surface area contributed by atoms with Crippen LogP contribution >= 0.6 is 0 Å². The third kappa shape index (κ3) is 4.67. The van der Waals surface area contributed by atoms with E-state index in [0.717, 1.165) is 17.7 Å². The van der Waals surface area contributed by atoms with Crippen molar-refractivity contribution in [3.8, 4) is 5.75 Å². The van der Waals surface area contributed by atoms with Crippen LogP contribution in [0.1, 0.15) is 61.8 Å². The lowest BCUT2D eigenvalue weighted by atomic mass is 9.77. The second-order valence-corrected chi connectivity index (χ2v) is 11.3. The van der Waals surface area contributed by atoms with Crippen LogP contribution in [-0.2, 0) is 10.0 Å². The van der Waals surface area contributed by atoms with Crippen molar-refractivity contribution in [3.05, 3.63) is 95.6 Å². The minimum absolute atomic E-state index is 0.182. The number of anilines is 2. The van der Waals surface area contributed by atoms with Crippen LogP contribution in [0.3, 0.4) is 0 Å². The lowest BCUT2D eigenvalue weighted by molar-refractivity contribution is 0.340. The summed E-state index contributed by atoms with van der Waals surface area (Å²) in [5.74, 6) is 1.75. The Hall–Kier alpha value is -3.25. The molecule has 1 heterocycles. The number of allylic oxidation sites excluding steroid dienone is 2. The van der Waals surface area contributed by atoms with Crippen molar-refractivity contribution < 1.29 is 13.2 Å². The molecule has 0 amide bonds. The number of benzene rings is 3. The Balaban J connectivity index is 1.41. The van der Waals surface area contributed by atoms with Gasteiger partial charge in [0.15, 0.2) is 0 Å². The zero-order valence-corrected chi connectivity index (χ0v) is 21.2. The van der Waals surface area contributed by atoms with Gasteiger partial charge in [0.25, 0.3) is 10.0 Å². The molecular weight excluding hydrogens is 456 g/mol. The Bertz CT molecular complexity index is 1330. The van der Waals surface area contributed by atoms with Gasteiger partial charge in [-0.2, -0.15) is 0 Å². The molecule has 6 heteroatoms. The molecule has 3 atom stereocenters. The van der Waals surface area contributed by atoms with E-state index in [2.05, 4.69) is 60.3 Å². The highest BCUT2D eigenvalue weighted by Gasteiger charge is 2.38. The summed E-state index contributed by atoms with van der Waals surface area (Å²) in [6.45, 7) is 6.89. The van der Waals surface area contributed by atoms with Crippen LogP contribution in [0.4, 0.5) is 11.4 Å². The topological polar surface area (TPSA) is 67.4 Å². The van der Waals surface area contributed by atoms with Crippen LogP contribution in [0.2, 0.25) is 0 Å². The molecule has 0 saturated carbocycles. The first-order valence-electron chi connectivity index (χ1n) is 12.3. The summed E-state index contributed by atoms with van der Waals surface area (Å²) in [7, 11) is -3.72. The molecule has 182 valence electrons. The molecule has 3 aromatic carbocycles. The lowest BCUT2D eigenvalue weighted by Gasteiger charge is -2.37. The van der Waals surface area contributed by atoms with Crippen LogP contribution in [0, 0.1) is 5.92 Å². The molecule has 1 aliphatic carbocycles. The molecule has 0 saturated heterocycles. The van der Waals surface area contributed by atoms with Crippen molar-refractivity contribution >= 4 is 21.4 Å². The summed E-state index contributed by atoms with van der Waals surface area (Å²) in [4.78, 5) is 0.269. The van der Waals surface area contributed by atoms with Gasteiger partial charge in [-0.15, -0.1) is 0 Å². The van der Waals surface area contributed by atoms with E-state index in [1.165, 1.54) is 11.1 Å². The summed E-state index contributed by atoms with van der Waals surface area (Å²) in [6.07, 6.45) is 5.42. The Labute approximate surface area is 208 Å². The van der Waals surface area contributed by atoms with Gasteiger partial charge in [0.05, 0.1) is 17.5 Å². The van der Waals surface area contributed by atoms with Gasteiger partial charge in [0, 0.05) is 17.3 Å². The summed E-state index contributed by atoms with van der Waals surface area (Å²) in [6, 6.07) is 21.5. The molecule has 1 aliphatic heterocycles. The lowest BCUT2D eigenvalue weighted by Crippen LogP contribution is -2.29. The quantitative estimate of drug-likeness (QED) is 0.358. The van der Waals surface area contributed by atoms with Crippen molar-refractivity contribution in [2.24, 2.45) is 5.92 Å². The molecule has 2 N–H and O–H groups in total. The minimum Gasteiger partial charge on any atom is -0.494 e. The van der Waals surface area contributed by atoms with Crippen molar-refractivity contribution in [2.75, 3.05) is 16.6 Å². The van der Waals surface area contributed by atoms with Gasteiger partial charge in [0.2, 0.25) is 0 Å². The number of hydrogen-bond acceptors (Lipinski definition) is 4. The molecule has 0 aromatic heterocycles. The number of nitrogens with one attached hydrogen (secondary N) is 2. The van der Waals surface area contributed by atoms with E-state index in [1.807, 2.05) is 19.1 Å². The van der Waals surface area contributed by atoms with E-state index >= 15 is 0 Å². The van der Waals surface area contributed by atoms with E-state index in [4.69, 9.17) is 4.74 Å². The van der Waals surface area contributed by atoms with Gasteiger partial charge in [-0.1, -0.05) is 50.3 Å². The van der Waals surface area contributed by atoms with Crippen LogP contribution < -0.4 is 14.8 Å². The SMILES string of the molecule is CCOc1ccc(NS(=O)(=O)c2ccc3c(c2)C2C=CCC2C(c2ccc(C(C)C)cc2)N3)cc1. The Morgan fingerprint density at radius 1 is 1.03 bits per heavy atom. The van der Waals surface area contributed by atoms with Crippen LogP contribution in [0.5, 0.6) is 5.75 Å². The second kappa shape index (κ2) is 9.42. The molecule has 3 aromatic rings. The van der Waals surface area contributed by atoms with E-state index in [9.17, 15) is 8.42 Å². The maximum absolute atomic E-state index is 13.2. The normalized spacial score (nSPS) is 20.7. The van der Waals surface area contributed by atoms with E-state index in [0.29, 0.717) is 29.9 Å². The first kappa shape index (κ1) is 23.5. The smallest absolute Gasteiger partial charge is 0.261 e. The van der Waals surface area contributed by atoms with E-state index in [-0.39, 0.29) is 16.9 Å². The van der Waals surface area contributed by atoms with Gasteiger partial charge >= 0.3 is 0 Å². The average molecular weight is 489 g/mol. The summed E-state index contributed by atoms with van der Waals surface area (Å²) in [5, 5.41) is 3.71. The van der Waals surface area contributed by atoms with E-state index in [1.54, 1.807) is 30.3 Å². The first-order valence-corrected chi connectivity index (χ1v) is 13.8. The number of ether oxygens (including phenoxy) is 1. The van der Waals surface area contributed by atoms with Gasteiger partial charge < -0.3 is 10.1 Å². The summed E-state index contributed by atoms with van der Waals surface area (Å²) in [5.41, 5.74) is 5.14. The van der Waals surface area contributed by atoms with Crippen molar-refractivity contribution in [3.63, 3.8) is 0 Å². The van der Waals surface area contributed by atoms with Gasteiger partial charge in [-0.25, -0.2) is 8.42 Å². The fourth-order valence-electron chi connectivity index (χ4n) is 5.16. The van der Waals surface area contributed by atoms with Crippen molar-refractivity contribution in [2.45, 2.75) is 50.0 Å². The molecule has 2 aliphatic rings. The molecule has 0 fully saturated rings. The summed E-state index contributed by atoms with van der Waals surface area (Å²) < 4.78 is 34.5. The maximum Gasteiger partial charge on any atom is 0.261 e. The third-order valence-electron chi connectivity index (χ3n) is 7.02. The van der Waals surface area contributed by atoms with Crippen LogP contribution in [0.15, 0.2) is 83.8 Å². The molecule has 5 nitrogen and oxygen atoms in total. The van der Waals surface area contributed by atoms with Crippen molar-refractivity contribution in [1.29, 1.82) is 0 Å². The van der Waals surface area contributed by atoms with Gasteiger partial charge in [-0.05, 0) is 84.3 Å². The molecule has 0 bridgehead atoms. The molecule has 0 spiro atoms. The zero-order valence-electron chi connectivity index (χ0n) is 20.4. The fraction of sp³-hybridized carbons (Fsp3) is 0.310. The molecule has 3 unspecified atom stereocenters. The highest BCUT2D eigenvalue weighted by atomic mass is 32.2. The summed E-state index contributed by atoms with van der Waals surface area (Å²) >= 11 is 0. The highest BCUT2D eigenvalue weighted by Crippen LogP contribution is 2.50. The number of sulfonamides is 1. The minimum atomic E-state index is -3.72. The predicted octanol–water partition coefficient (Wildman–Crippen LogP) is 6.84. The average Bonchev–Trinajstić information content (AvgIpc) is 3.35. The van der Waals surface area contributed by atoms with Crippen LogP contribution in [0.25, 0.3) is 0 Å². The van der Waals surface area contributed by atoms with Gasteiger partial charge in [0.1, 0.15) is 5.75 Å². The second-order valence-electron chi connectivity index (χ2n) is 9.61. The highest BCUT2D eigenvalue weighted by molar-refractivity contribution is 7.92. The number of hydrogen-bond donors (Lipinski definition) is 2. The van der Waals surface area contributed by atoms with Gasteiger partial charge in [-0.3, -0.25) is 4.72 Å². The standard InChI is InChI=1S/C29H32N2O3S/c1-4-34-23-14-12-22(13-15-23)31-35(32,33)24-16-17-28-27(18-24)25-6-5-7-26(25)29(30-28)21-10-8-20(9-11-21)19(2)3/h5-6,8-19,25-26,29-31H,4,7H2,1-3H3. The predicted molar refractivity (Wildman–Crippen MR) is 142 cm³/mol. The van der Waals surface area contributed by atoms with Crippen LogP contribution in [-0.4, -0.2) is 15.0 Å². The number of fused-ring (bicyclic) bond motifs is 3. The fourth-order valence-corrected chi connectivity index (χ4v) is 6.25. The Kier molecular flexibility index (Phi) is 6.32. The van der Waals surface area contributed by atoms with Crippen molar-refractivity contribution in [1.82, 2.24) is 0 Å². The molecule has 35 heavy (non-hydrogen) atoms.